The molecule has 1 N–H and O–H groups in total. The van der Waals surface area contributed by atoms with Crippen LogP contribution in [0.2, 0.25) is 0 Å². The summed E-state index contributed by atoms with van der Waals surface area (Å²) in [6.45, 7) is 8.68. The lowest BCUT2D eigenvalue weighted by Gasteiger charge is -2.07. The Labute approximate surface area is 141 Å². The van der Waals surface area contributed by atoms with Crippen LogP contribution in [0.1, 0.15) is 39.0 Å². The van der Waals surface area contributed by atoms with Gasteiger partial charge in [-0.1, -0.05) is 39.8 Å². The third-order valence-electron chi connectivity index (χ3n) is 2.74. The fraction of sp³-hybridized carbons (Fsp3) is 0.471. The standard InChI is InChI=1S/C13H14F3N3O.2C2H6/c1-17-8-9-3-5-10(6-4-9)19-12(20-2)7-11(18-19)13(14,15)16;2*1-2/h3-7,17H,8H2,1-2H3;2*1-2H3. The summed E-state index contributed by atoms with van der Waals surface area (Å²) in [4.78, 5) is 0. The first-order chi connectivity index (χ1) is 11.5. The van der Waals surface area contributed by atoms with Crippen molar-refractivity contribution in [2.24, 2.45) is 0 Å². The minimum absolute atomic E-state index is 0.0405. The highest BCUT2D eigenvalue weighted by Gasteiger charge is 2.35. The molecular formula is C17H26F3N3O. The molecule has 0 atom stereocenters. The van der Waals surface area contributed by atoms with Crippen molar-refractivity contribution in [3.05, 3.63) is 41.6 Å². The van der Waals surface area contributed by atoms with Crippen LogP contribution in [0, 0.1) is 0 Å². The molecule has 0 amide bonds. The Balaban J connectivity index is 0.00000123. The number of aromatic nitrogens is 2. The Morgan fingerprint density at radius 3 is 2.04 bits per heavy atom. The molecule has 1 aromatic carbocycles. The summed E-state index contributed by atoms with van der Waals surface area (Å²) in [7, 11) is 3.13. The van der Waals surface area contributed by atoms with Crippen molar-refractivity contribution in [1.82, 2.24) is 15.1 Å². The highest BCUT2D eigenvalue weighted by atomic mass is 19.4. The van der Waals surface area contributed by atoms with Gasteiger partial charge in [0.25, 0.3) is 0 Å². The van der Waals surface area contributed by atoms with Crippen molar-refractivity contribution in [3.63, 3.8) is 0 Å². The predicted molar refractivity (Wildman–Crippen MR) is 90.6 cm³/mol. The molecule has 0 spiro atoms. The highest BCUT2D eigenvalue weighted by molar-refractivity contribution is 5.38. The number of halogens is 3. The van der Waals surface area contributed by atoms with Crippen LogP contribution in [0.25, 0.3) is 5.69 Å². The maximum Gasteiger partial charge on any atom is 0.435 e. The van der Waals surface area contributed by atoms with E-state index < -0.39 is 11.9 Å². The van der Waals surface area contributed by atoms with Crippen molar-refractivity contribution in [2.45, 2.75) is 40.4 Å². The molecule has 2 aromatic rings. The molecule has 0 radical (unpaired) electrons. The van der Waals surface area contributed by atoms with E-state index in [2.05, 4.69) is 10.4 Å². The number of nitrogens with one attached hydrogen (secondary N) is 1. The average Bonchev–Trinajstić information content (AvgIpc) is 3.04. The molecule has 0 saturated carbocycles. The second-order valence-corrected chi connectivity index (χ2v) is 4.18. The summed E-state index contributed by atoms with van der Waals surface area (Å²) in [5.74, 6) is 0.0405. The van der Waals surface area contributed by atoms with Gasteiger partial charge in [0.15, 0.2) is 5.69 Å². The van der Waals surface area contributed by atoms with E-state index in [-0.39, 0.29) is 5.88 Å². The van der Waals surface area contributed by atoms with Gasteiger partial charge in [-0.2, -0.15) is 18.3 Å². The van der Waals surface area contributed by atoms with Gasteiger partial charge in [0.1, 0.15) is 0 Å². The zero-order chi connectivity index (χ0) is 18.8. The number of hydrogen-bond acceptors (Lipinski definition) is 3. The molecule has 0 aliphatic carbocycles. The summed E-state index contributed by atoms with van der Waals surface area (Å²) in [5, 5.41) is 6.54. The Morgan fingerprint density at radius 1 is 1.08 bits per heavy atom. The first kappa shape index (κ1) is 22.0. The van der Waals surface area contributed by atoms with Gasteiger partial charge in [0.2, 0.25) is 5.88 Å². The van der Waals surface area contributed by atoms with Crippen LogP contribution in [0.5, 0.6) is 5.88 Å². The number of hydrogen-bond donors (Lipinski definition) is 1. The minimum atomic E-state index is -4.50. The van der Waals surface area contributed by atoms with Gasteiger partial charge in [-0.25, -0.2) is 4.68 Å². The van der Waals surface area contributed by atoms with Crippen LogP contribution in [0.15, 0.2) is 30.3 Å². The summed E-state index contributed by atoms with van der Waals surface area (Å²) in [6.07, 6.45) is -4.50. The summed E-state index contributed by atoms with van der Waals surface area (Å²) < 4.78 is 44.0. The zero-order valence-corrected chi connectivity index (χ0v) is 15.0. The molecule has 0 bridgehead atoms. The number of ether oxygens (including phenoxy) is 1. The van der Waals surface area contributed by atoms with E-state index in [4.69, 9.17) is 4.74 Å². The third kappa shape index (κ3) is 5.88. The summed E-state index contributed by atoms with van der Waals surface area (Å²) >= 11 is 0. The van der Waals surface area contributed by atoms with E-state index in [1.54, 1.807) is 12.1 Å². The lowest BCUT2D eigenvalue weighted by Crippen LogP contribution is -2.08. The first-order valence-corrected chi connectivity index (χ1v) is 7.91. The number of methoxy groups -OCH3 is 1. The first-order valence-electron chi connectivity index (χ1n) is 7.91. The fourth-order valence-electron chi connectivity index (χ4n) is 1.79. The number of benzene rings is 1. The predicted octanol–water partition coefficient (Wildman–Crippen LogP) is 4.67. The monoisotopic (exact) mass is 345 g/mol. The molecule has 4 nitrogen and oxygen atoms in total. The van der Waals surface area contributed by atoms with Gasteiger partial charge in [-0.15, -0.1) is 0 Å². The molecule has 0 fully saturated rings. The van der Waals surface area contributed by atoms with Gasteiger partial charge in [0.05, 0.1) is 12.8 Å². The maximum absolute atomic E-state index is 12.7. The average molecular weight is 345 g/mol. The van der Waals surface area contributed by atoms with Crippen molar-refractivity contribution in [1.29, 1.82) is 0 Å². The fourth-order valence-corrected chi connectivity index (χ4v) is 1.79. The van der Waals surface area contributed by atoms with Crippen LogP contribution in [-0.4, -0.2) is 23.9 Å². The molecule has 136 valence electrons. The summed E-state index contributed by atoms with van der Waals surface area (Å²) in [5.41, 5.74) is 0.560. The Morgan fingerprint density at radius 2 is 1.62 bits per heavy atom. The van der Waals surface area contributed by atoms with Crippen LogP contribution in [0.4, 0.5) is 13.2 Å². The van der Waals surface area contributed by atoms with Crippen molar-refractivity contribution >= 4 is 0 Å². The van der Waals surface area contributed by atoms with Gasteiger partial charge >= 0.3 is 6.18 Å². The lowest BCUT2D eigenvalue weighted by atomic mass is 10.2. The quantitative estimate of drug-likeness (QED) is 0.875. The van der Waals surface area contributed by atoms with Crippen LogP contribution in [-0.2, 0) is 12.7 Å². The largest absolute Gasteiger partial charge is 0.481 e. The topological polar surface area (TPSA) is 39.1 Å². The van der Waals surface area contributed by atoms with Crippen molar-refractivity contribution < 1.29 is 17.9 Å². The molecule has 0 aliphatic heterocycles. The second kappa shape index (κ2) is 10.7. The Bertz CT molecular complexity index is 578. The van der Waals surface area contributed by atoms with Gasteiger partial charge < -0.3 is 10.1 Å². The van der Waals surface area contributed by atoms with Gasteiger partial charge in [0, 0.05) is 12.6 Å². The smallest absolute Gasteiger partial charge is 0.435 e. The Kier molecular flexibility index (Phi) is 9.80. The molecule has 24 heavy (non-hydrogen) atoms. The molecule has 0 unspecified atom stereocenters. The van der Waals surface area contributed by atoms with E-state index in [1.807, 2.05) is 46.9 Å². The molecule has 1 heterocycles. The maximum atomic E-state index is 12.7. The number of rotatable bonds is 4. The van der Waals surface area contributed by atoms with E-state index in [1.165, 1.54) is 7.11 Å². The highest BCUT2D eigenvalue weighted by Crippen LogP contribution is 2.31. The van der Waals surface area contributed by atoms with Gasteiger partial charge in [-0.3, -0.25) is 0 Å². The minimum Gasteiger partial charge on any atom is -0.481 e. The van der Waals surface area contributed by atoms with E-state index in [0.29, 0.717) is 12.2 Å². The van der Waals surface area contributed by atoms with E-state index >= 15 is 0 Å². The van der Waals surface area contributed by atoms with E-state index in [9.17, 15) is 13.2 Å². The van der Waals surface area contributed by atoms with Crippen molar-refractivity contribution in [2.75, 3.05) is 14.2 Å². The third-order valence-corrected chi connectivity index (χ3v) is 2.74. The van der Waals surface area contributed by atoms with Gasteiger partial charge in [-0.05, 0) is 24.7 Å². The Hall–Kier alpha value is -2.02. The molecule has 1 aromatic heterocycles. The van der Waals surface area contributed by atoms with E-state index in [0.717, 1.165) is 16.3 Å². The summed E-state index contributed by atoms with van der Waals surface area (Å²) in [6, 6.07) is 7.91. The number of alkyl halides is 3. The SMILES string of the molecule is CC.CC.CNCc1ccc(-n2nc(C(F)(F)F)cc2OC)cc1. The normalized spacial score (nSPS) is 10.2. The molecule has 0 saturated heterocycles. The molecule has 2 rings (SSSR count). The van der Waals surface area contributed by atoms with Crippen LogP contribution >= 0.6 is 0 Å². The molecular weight excluding hydrogens is 319 g/mol. The lowest BCUT2D eigenvalue weighted by molar-refractivity contribution is -0.141. The van der Waals surface area contributed by atoms with Crippen LogP contribution in [0.3, 0.4) is 0 Å². The zero-order valence-electron chi connectivity index (χ0n) is 15.0. The number of nitrogens with zero attached hydrogens (tertiary/aromatic N) is 2. The van der Waals surface area contributed by atoms with Crippen molar-refractivity contribution in [3.8, 4) is 11.6 Å². The molecule has 0 aliphatic rings. The van der Waals surface area contributed by atoms with Crippen LogP contribution < -0.4 is 10.1 Å². The second-order valence-electron chi connectivity index (χ2n) is 4.18. The molecule has 7 heteroatoms.